The highest BCUT2D eigenvalue weighted by molar-refractivity contribution is 6.10. The maximum absolute atomic E-state index is 12.6. The maximum Gasteiger partial charge on any atom is 0.371 e. The first-order valence-corrected chi connectivity index (χ1v) is 16.1. The van der Waals surface area contributed by atoms with Crippen LogP contribution in [0, 0.1) is 13.8 Å². The van der Waals surface area contributed by atoms with E-state index in [4.69, 9.17) is 15.6 Å². The van der Waals surface area contributed by atoms with Crippen LogP contribution in [0.4, 0.5) is 11.6 Å². The summed E-state index contributed by atoms with van der Waals surface area (Å²) in [6.45, 7) is 4.09. The van der Waals surface area contributed by atoms with Crippen LogP contribution < -0.4 is 15.9 Å². The van der Waals surface area contributed by atoms with Crippen molar-refractivity contribution in [3.8, 4) is 0 Å². The number of nitrogens with one attached hydrogen (secondary N) is 1. The smallest absolute Gasteiger partial charge is 0.371 e. The molecule has 2 aliphatic carbocycles. The topological polar surface area (TPSA) is 173 Å². The number of aromatic nitrogens is 8. The van der Waals surface area contributed by atoms with Gasteiger partial charge in [0.15, 0.2) is 5.82 Å². The van der Waals surface area contributed by atoms with Gasteiger partial charge in [-0.3, -0.25) is 4.79 Å². The normalized spacial score (nSPS) is 16.7. The predicted molar refractivity (Wildman–Crippen MR) is 175 cm³/mol. The Hall–Kier alpha value is -5.40. The van der Waals surface area contributed by atoms with Gasteiger partial charge in [-0.1, -0.05) is 56.0 Å². The number of hydrogen-bond donors (Lipinski definition) is 2. The molecular formula is C33H37N11O3. The largest absolute Gasteiger partial charge is 0.383 e. The number of amides is 1. The average molecular weight is 636 g/mol. The summed E-state index contributed by atoms with van der Waals surface area (Å²) in [5, 5.41) is 19.7. The van der Waals surface area contributed by atoms with E-state index in [9.17, 15) is 9.59 Å². The Balaban J connectivity index is 0.000000150. The molecule has 47 heavy (non-hydrogen) atoms. The van der Waals surface area contributed by atoms with Crippen molar-refractivity contribution in [1.29, 1.82) is 0 Å². The van der Waals surface area contributed by atoms with Crippen LogP contribution in [0.15, 0.2) is 53.7 Å². The maximum atomic E-state index is 12.6. The molecular weight excluding hydrogens is 598 g/mol. The van der Waals surface area contributed by atoms with Gasteiger partial charge in [0.1, 0.15) is 22.5 Å². The van der Waals surface area contributed by atoms with Gasteiger partial charge in [-0.05, 0) is 67.3 Å². The standard InChI is InChI=1S/C18H20N4O.C15H17N7O2/c1-12-16-17(22(21-12)14-9-5-6-10-14)20-15(11-19-18(16)23)13-7-3-2-4-8-13;1-9-12(13(16)21(19-9)10-5-2-3-6-10)15(23)24-22-14-11(18-20-22)7-4-8-17-14/h2-4,7-8,14H,5-6,9-11H2,1H3,(H,19,23);4,7-8,10H,2-3,5-6,16H2,1H3. The van der Waals surface area contributed by atoms with Crippen molar-refractivity contribution in [1.82, 2.24) is 45.0 Å². The highest BCUT2D eigenvalue weighted by Crippen LogP contribution is 2.36. The lowest BCUT2D eigenvalue weighted by Gasteiger charge is -2.12. The van der Waals surface area contributed by atoms with E-state index >= 15 is 0 Å². The molecule has 4 aromatic heterocycles. The minimum atomic E-state index is -0.619. The van der Waals surface area contributed by atoms with Gasteiger partial charge < -0.3 is 15.9 Å². The molecule has 0 bridgehead atoms. The molecule has 0 atom stereocenters. The summed E-state index contributed by atoms with van der Waals surface area (Å²) in [4.78, 5) is 40.3. The van der Waals surface area contributed by atoms with E-state index in [-0.39, 0.29) is 17.5 Å². The van der Waals surface area contributed by atoms with Crippen molar-refractivity contribution in [2.75, 3.05) is 12.3 Å². The fourth-order valence-corrected chi connectivity index (χ4v) is 6.70. The van der Waals surface area contributed by atoms with Crippen LogP contribution in [0.5, 0.6) is 0 Å². The van der Waals surface area contributed by atoms with E-state index in [0.29, 0.717) is 40.8 Å². The molecule has 242 valence electrons. The average Bonchev–Trinajstić information content (AvgIpc) is 3.92. The number of rotatable bonds is 5. The molecule has 1 amide bonds. The van der Waals surface area contributed by atoms with Crippen LogP contribution in [-0.4, -0.2) is 63.8 Å². The van der Waals surface area contributed by atoms with Crippen LogP contribution in [0.25, 0.3) is 11.2 Å². The first kappa shape index (κ1) is 30.3. The molecule has 0 spiro atoms. The van der Waals surface area contributed by atoms with E-state index < -0.39 is 5.97 Å². The van der Waals surface area contributed by atoms with Crippen LogP contribution in [-0.2, 0) is 0 Å². The van der Waals surface area contributed by atoms with E-state index in [0.717, 1.165) is 66.2 Å². The van der Waals surface area contributed by atoms with Crippen LogP contribution in [0.3, 0.4) is 0 Å². The number of carbonyl (C=O) groups is 2. The van der Waals surface area contributed by atoms with E-state index in [2.05, 4.69) is 30.8 Å². The Morgan fingerprint density at radius 2 is 1.60 bits per heavy atom. The number of aliphatic imine (C=N–C) groups is 1. The lowest BCUT2D eigenvalue weighted by atomic mass is 10.1. The second-order valence-corrected chi connectivity index (χ2v) is 12.2. The molecule has 14 heteroatoms. The number of aryl methyl sites for hydroxylation is 2. The monoisotopic (exact) mass is 635 g/mol. The summed E-state index contributed by atoms with van der Waals surface area (Å²) in [7, 11) is 0. The molecule has 1 aliphatic heterocycles. The van der Waals surface area contributed by atoms with Crippen molar-refractivity contribution in [2.45, 2.75) is 77.3 Å². The lowest BCUT2D eigenvalue weighted by Crippen LogP contribution is -2.28. The van der Waals surface area contributed by atoms with Crippen molar-refractivity contribution >= 4 is 40.4 Å². The zero-order valence-corrected chi connectivity index (χ0v) is 26.5. The lowest BCUT2D eigenvalue weighted by molar-refractivity contribution is 0.0405. The number of nitrogens with zero attached hydrogens (tertiary/aromatic N) is 9. The molecule has 0 saturated heterocycles. The summed E-state index contributed by atoms with van der Waals surface area (Å²) < 4.78 is 3.74. The number of hydrogen-bond acceptors (Lipinski definition) is 10. The third-order valence-corrected chi connectivity index (χ3v) is 9.07. The number of nitrogens with two attached hydrogens (primary N) is 1. The third-order valence-electron chi connectivity index (χ3n) is 9.07. The predicted octanol–water partition coefficient (Wildman–Crippen LogP) is 4.47. The zero-order valence-electron chi connectivity index (χ0n) is 26.5. The van der Waals surface area contributed by atoms with Gasteiger partial charge in [0.05, 0.1) is 35.7 Å². The molecule has 5 heterocycles. The van der Waals surface area contributed by atoms with E-state index in [1.807, 2.05) is 41.9 Å². The summed E-state index contributed by atoms with van der Waals surface area (Å²) in [6, 6.07) is 14.1. The zero-order chi connectivity index (χ0) is 32.5. The fraction of sp³-hybridized carbons (Fsp3) is 0.394. The van der Waals surface area contributed by atoms with Gasteiger partial charge in [0.25, 0.3) is 5.91 Å². The molecule has 14 nitrogen and oxygen atoms in total. The fourth-order valence-electron chi connectivity index (χ4n) is 6.70. The van der Waals surface area contributed by atoms with Crippen LogP contribution in [0.2, 0.25) is 0 Å². The van der Waals surface area contributed by atoms with Gasteiger partial charge in [0, 0.05) is 6.20 Å². The molecule has 3 aliphatic rings. The van der Waals surface area contributed by atoms with Crippen molar-refractivity contribution in [3.05, 3.63) is 76.7 Å². The number of carbonyl (C=O) groups excluding carboxylic acids is 2. The molecule has 3 N–H and O–H groups in total. The molecule has 0 unspecified atom stereocenters. The third kappa shape index (κ3) is 5.86. The number of benzene rings is 1. The Bertz CT molecular complexity index is 1960. The summed E-state index contributed by atoms with van der Waals surface area (Å²) in [6.07, 6.45) is 10.6. The second kappa shape index (κ2) is 12.8. The van der Waals surface area contributed by atoms with E-state index in [1.54, 1.807) is 29.9 Å². The van der Waals surface area contributed by atoms with Crippen molar-refractivity contribution in [2.24, 2.45) is 4.99 Å². The molecule has 2 saturated carbocycles. The first-order chi connectivity index (χ1) is 22.9. The first-order valence-electron chi connectivity index (χ1n) is 16.1. The SMILES string of the molecule is Cc1nn(C2CCCC2)c(N)c1C(=O)On1nnc2cccnc21.Cc1nn(C2CCCC2)c2c1C(=O)NCC(c1ccccc1)=N2. The van der Waals surface area contributed by atoms with Crippen molar-refractivity contribution < 1.29 is 14.4 Å². The Morgan fingerprint density at radius 1 is 0.915 bits per heavy atom. The van der Waals surface area contributed by atoms with Gasteiger partial charge in [-0.25, -0.2) is 24.1 Å². The highest BCUT2D eigenvalue weighted by Gasteiger charge is 2.30. The van der Waals surface area contributed by atoms with Crippen LogP contribution in [0.1, 0.15) is 101 Å². The molecule has 2 fully saturated rings. The molecule has 1 aromatic carbocycles. The Kier molecular flexibility index (Phi) is 8.23. The van der Waals surface area contributed by atoms with Gasteiger partial charge in [-0.2, -0.15) is 10.2 Å². The number of nitrogen functional groups attached to an aromatic ring is 1. The number of anilines is 1. The molecule has 5 aromatic rings. The minimum absolute atomic E-state index is 0.0728. The van der Waals surface area contributed by atoms with Crippen molar-refractivity contribution in [3.63, 3.8) is 0 Å². The number of pyridine rings is 1. The summed E-state index contributed by atoms with van der Waals surface area (Å²) in [5.41, 5.74) is 11.2. The highest BCUT2D eigenvalue weighted by atomic mass is 16.7. The number of fused-ring (bicyclic) bond motifs is 2. The molecule has 0 radical (unpaired) electrons. The van der Waals surface area contributed by atoms with Gasteiger partial charge in [-0.15, -0.1) is 5.10 Å². The summed E-state index contributed by atoms with van der Waals surface area (Å²) in [5.74, 6) is 0.369. The Labute approximate surface area is 271 Å². The minimum Gasteiger partial charge on any atom is -0.383 e. The second-order valence-electron chi connectivity index (χ2n) is 12.2. The van der Waals surface area contributed by atoms with Gasteiger partial charge in [0.2, 0.25) is 5.65 Å². The quantitative estimate of drug-likeness (QED) is 0.264. The van der Waals surface area contributed by atoms with E-state index in [1.165, 1.54) is 12.8 Å². The molecule has 8 rings (SSSR count). The van der Waals surface area contributed by atoms with Gasteiger partial charge >= 0.3 is 5.97 Å². The van der Waals surface area contributed by atoms with Crippen LogP contribution >= 0.6 is 0 Å². The summed E-state index contributed by atoms with van der Waals surface area (Å²) >= 11 is 0. The Morgan fingerprint density at radius 3 is 2.32 bits per heavy atom.